The molecule has 3 aromatic rings. The van der Waals surface area contributed by atoms with Gasteiger partial charge in [0.2, 0.25) is 5.83 Å². The monoisotopic (exact) mass is 546 g/mol. The minimum Gasteiger partial charge on any atom is -0.469 e. The topological polar surface area (TPSA) is 9.23 Å². The van der Waals surface area contributed by atoms with Gasteiger partial charge in [0.25, 0.3) is 0 Å². The number of rotatable bonds is 10. The van der Waals surface area contributed by atoms with Crippen molar-refractivity contribution in [1.82, 2.24) is 0 Å². The maximum Gasteiger partial charge on any atom is 0.309 e. The molecule has 0 unspecified atom stereocenters. The molecule has 3 aromatic carbocycles. The first-order valence-electron chi connectivity index (χ1n) is 13.5. The van der Waals surface area contributed by atoms with Crippen LogP contribution in [0, 0.1) is 29.2 Å². The van der Waals surface area contributed by atoms with Gasteiger partial charge >= 0.3 is 6.01 Å². The van der Waals surface area contributed by atoms with Crippen LogP contribution < -0.4 is 0 Å². The van der Waals surface area contributed by atoms with E-state index in [9.17, 15) is 26.3 Å². The molecule has 1 aliphatic carbocycles. The molecular formula is C32H32F6O. The molecule has 1 fully saturated rings. The Labute approximate surface area is 225 Å². The smallest absolute Gasteiger partial charge is 0.309 e. The van der Waals surface area contributed by atoms with Crippen molar-refractivity contribution in [2.75, 3.05) is 6.61 Å². The summed E-state index contributed by atoms with van der Waals surface area (Å²) in [6, 6.07) is 11.9. The molecule has 39 heavy (non-hydrogen) atoms. The third-order valence-corrected chi connectivity index (χ3v) is 7.55. The summed E-state index contributed by atoms with van der Waals surface area (Å²) in [6.07, 6.45) is 7.03. The molecule has 7 heteroatoms. The average molecular weight is 547 g/mol. The molecule has 0 radical (unpaired) electrons. The maximum atomic E-state index is 14.7. The lowest BCUT2D eigenvalue weighted by atomic mass is 9.77. The highest BCUT2D eigenvalue weighted by Gasteiger charge is 2.23. The van der Waals surface area contributed by atoms with Gasteiger partial charge < -0.3 is 4.74 Å². The van der Waals surface area contributed by atoms with Crippen LogP contribution in [0.4, 0.5) is 26.3 Å². The van der Waals surface area contributed by atoms with Crippen LogP contribution in [-0.2, 0) is 11.2 Å². The standard InChI is InChI=1S/C32H32F6O/c1-2-3-16-39-32(38)30(36)24-13-11-23(12-14-24)22-9-6-20(7-10-22)4-5-21-8-15-26(27(33)17-21)25-18-28(34)31(37)29(35)19-25/h8,11-15,17-20,22H,2-7,9-10,16H2,1H3. The van der Waals surface area contributed by atoms with Gasteiger partial charge in [0, 0.05) is 11.1 Å². The Morgan fingerprint density at radius 2 is 1.49 bits per heavy atom. The van der Waals surface area contributed by atoms with Crippen molar-refractivity contribution in [2.45, 2.75) is 64.2 Å². The van der Waals surface area contributed by atoms with E-state index in [0.717, 1.165) is 61.8 Å². The van der Waals surface area contributed by atoms with Crippen LogP contribution in [0.15, 0.2) is 60.6 Å². The van der Waals surface area contributed by atoms with E-state index in [1.165, 1.54) is 12.1 Å². The van der Waals surface area contributed by atoms with Crippen LogP contribution >= 0.6 is 0 Å². The van der Waals surface area contributed by atoms with Crippen molar-refractivity contribution >= 4 is 5.83 Å². The van der Waals surface area contributed by atoms with Gasteiger partial charge in [0.05, 0.1) is 6.61 Å². The first-order valence-corrected chi connectivity index (χ1v) is 13.5. The number of unbranched alkanes of at least 4 members (excludes halogenated alkanes) is 1. The highest BCUT2D eigenvalue weighted by Crippen LogP contribution is 2.38. The lowest BCUT2D eigenvalue weighted by Gasteiger charge is -2.29. The third kappa shape index (κ3) is 7.25. The molecule has 1 nitrogen and oxygen atoms in total. The second-order valence-electron chi connectivity index (χ2n) is 10.2. The number of hydrogen-bond acceptors (Lipinski definition) is 1. The van der Waals surface area contributed by atoms with Gasteiger partial charge in [0.1, 0.15) is 5.82 Å². The minimum atomic E-state index is -1.58. The Bertz CT molecular complexity index is 1270. The molecule has 0 bridgehead atoms. The number of aryl methyl sites for hydroxylation is 1. The zero-order valence-corrected chi connectivity index (χ0v) is 21.9. The Kier molecular flexibility index (Phi) is 9.76. The van der Waals surface area contributed by atoms with E-state index in [1.54, 1.807) is 18.2 Å². The molecule has 0 N–H and O–H groups in total. The Balaban J connectivity index is 1.28. The molecule has 0 saturated heterocycles. The van der Waals surface area contributed by atoms with E-state index in [1.807, 2.05) is 19.1 Å². The average Bonchev–Trinajstić information content (AvgIpc) is 2.94. The summed E-state index contributed by atoms with van der Waals surface area (Å²) in [5, 5.41) is 0. The van der Waals surface area contributed by atoms with Crippen molar-refractivity contribution < 1.29 is 31.1 Å². The summed E-state index contributed by atoms with van der Waals surface area (Å²) in [7, 11) is 0. The van der Waals surface area contributed by atoms with E-state index in [0.29, 0.717) is 24.7 Å². The van der Waals surface area contributed by atoms with Crippen LogP contribution in [0.2, 0.25) is 0 Å². The van der Waals surface area contributed by atoms with Gasteiger partial charge in [-0.15, -0.1) is 0 Å². The second-order valence-corrected chi connectivity index (χ2v) is 10.2. The number of halogens is 6. The van der Waals surface area contributed by atoms with Crippen molar-refractivity contribution in [3.8, 4) is 11.1 Å². The zero-order chi connectivity index (χ0) is 27.9. The van der Waals surface area contributed by atoms with Gasteiger partial charge in [-0.1, -0.05) is 49.7 Å². The summed E-state index contributed by atoms with van der Waals surface area (Å²) in [6.45, 7) is 2.09. The first kappa shape index (κ1) is 28.8. The van der Waals surface area contributed by atoms with Gasteiger partial charge in [-0.05, 0) is 91.7 Å². The first-order chi connectivity index (χ1) is 18.8. The predicted molar refractivity (Wildman–Crippen MR) is 141 cm³/mol. The number of benzene rings is 3. The van der Waals surface area contributed by atoms with E-state index < -0.39 is 35.1 Å². The zero-order valence-electron chi connectivity index (χ0n) is 21.9. The molecule has 208 valence electrons. The fraction of sp³-hybridized carbons (Fsp3) is 0.375. The summed E-state index contributed by atoms with van der Waals surface area (Å²) >= 11 is 0. The molecule has 0 aliphatic heterocycles. The largest absolute Gasteiger partial charge is 0.469 e. The second kappa shape index (κ2) is 13.2. The Hall–Kier alpha value is -3.22. The van der Waals surface area contributed by atoms with Gasteiger partial charge in [0.15, 0.2) is 17.5 Å². The molecule has 0 amide bonds. The lowest BCUT2D eigenvalue weighted by molar-refractivity contribution is 0.141. The van der Waals surface area contributed by atoms with E-state index >= 15 is 0 Å². The maximum absolute atomic E-state index is 14.7. The lowest BCUT2D eigenvalue weighted by Crippen LogP contribution is -2.14. The van der Waals surface area contributed by atoms with Gasteiger partial charge in [-0.3, -0.25) is 0 Å². The van der Waals surface area contributed by atoms with Gasteiger partial charge in [-0.25, -0.2) is 17.6 Å². The van der Waals surface area contributed by atoms with Gasteiger partial charge in [-0.2, -0.15) is 8.78 Å². The Morgan fingerprint density at radius 3 is 2.10 bits per heavy atom. The molecule has 0 heterocycles. The Morgan fingerprint density at radius 1 is 0.821 bits per heavy atom. The van der Waals surface area contributed by atoms with Crippen molar-refractivity contribution in [1.29, 1.82) is 0 Å². The van der Waals surface area contributed by atoms with Crippen molar-refractivity contribution in [3.05, 3.63) is 101 Å². The fourth-order valence-electron chi connectivity index (χ4n) is 5.20. The SMILES string of the molecule is CCCCOC(F)=C(F)c1ccc(C2CCC(CCc3ccc(-c4cc(F)c(F)c(F)c4)c(F)c3)CC2)cc1. The molecule has 0 spiro atoms. The van der Waals surface area contributed by atoms with Crippen LogP contribution in [0.25, 0.3) is 17.0 Å². The summed E-state index contributed by atoms with van der Waals surface area (Å²) < 4.78 is 88.1. The van der Waals surface area contributed by atoms with Crippen LogP contribution in [0.3, 0.4) is 0 Å². The van der Waals surface area contributed by atoms with Crippen LogP contribution in [0.5, 0.6) is 0 Å². The van der Waals surface area contributed by atoms with E-state index in [-0.39, 0.29) is 23.3 Å². The normalized spacial score (nSPS) is 18.1. The van der Waals surface area contributed by atoms with E-state index in [4.69, 9.17) is 4.74 Å². The highest BCUT2D eigenvalue weighted by atomic mass is 19.2. The van der Waals surface area contributed by atoms with Crippen molar-refractivity contribution in [3.63, 3.8) is 0 Å². The summed E-state index contributed by atoms with van der Waals surface area (Å²) in [5.74, 6) is -5.05. The number of ether oxygens (including phenoxy) is 1. The van der Waals surface area contributed by atoms with Crippen LogP contribution in [0.1, 0.15) is 74.5 Å². The summed E-state index contributed by atoms with van der Waals surface area (Å²) in [4.78, 5) is 0. The van der Waals surface area contributed by atoms with Crippen LogP contribution in [-0.4, -0.2) is 6.61 Å². The molecule has 1 aliphatic rings. The van der Waals surface area contributed by atoms with E-state index in [2.05, 4.69) is 0 Å². The van der Waals surface area contributed by atoms with Crippen molar-refractivity contribution in [2.24, 2.45) is 5.92 Å². The third-order valence-electron chi connectivity index (χ3n) is 7.55. The molecule has 1 saturated carbocycles. The number of hydrogen-bond donors (Lipinski definition) is 0. The quantitative estimate of drug-likeness (QED) is 0.106. The minimum absolute atomic E-state index is 0.0187. The molecular weight excluding hydrogens is 514 g/mol. The molecule has 0 aromatic heterocycles. The molecule has 4 rings (SSSR count). The predicted octanol–water partition coefficient (Wildman–Crippen LogP) is 10.2. The molecule has 0 atom stereocenters. The summed E-state index contributed by atoms with van der Waals surface area (Å²) in [5.41, 5.74) is 2.02. The highest BCUT2D eigenvalue weighted by molar-refractivity contribution is 5.65. The fourth-order valence-corrected chi connectivity index (χ4v) is 5.20.